The van der Waals surface area contributed by atoms with E-state index in [1.165, 1.54) is 25.2 Å². The molecule has 0 spiro atoms. The average Bonchev–Trinajstić information content (AvgIpc) is 2.52. The van der Waals surface area contributed by atoms with Gasteiger partial charge in [-0.1, -0.05) is 29.8 Å². The number of nitro groups is 1. The fourth-order valence-electron chi connectivity index (χ4n) is 2.02. The van der Waals surface area contributed by atoms with Crippen molar-refractivity contribution in [3.8, 4) is 5.75 Å². The van der Waals surface area contributed by atoms with E-state index < -0.39 is 14.9 Å². The van der Waals surface area contributed by atoms with Crippen LogP contribution in [0, 0.1) is 17.0 Å². The van der Waals surface area contributed by atoms with Crippen molar-refractivity contribution in [1.82, 2.24) is 0 Å². The summed E-state index contributed by atoms with van der Waals surface area (Å²) >= 11 is 0. The molecule has 0 aliphatic rings. The van der Waals surface area contributed by atoms with Crippen molar-refractivity contribution in [2.75, 3.05) is 17.6 Å². The molecular weight excluding hydrogens is 332 g/mol. The number of non-ortho nitro benzene ring substituents is 1. The van der Waals surface area contributed by atoms with E-state index in [0.29, 0.717) is 0 Å². The molecule has 0 bridgehead atoms. The molecule has 7 nitrogen and oxygen atoms in total. The third-order valence-corrected chi connectivity index (χ3v) is 4.70. The summed E-state index contributed by atoms with van der Waals surface area (Å²) in [6.45, 7) is 2.14. The normalized spacial score (nSPS) is 11.1. The predicted octanol–water partition coefficient (Wildman–Crippen LogP) is 2.88. The lowest BCUT2D eigenvalue weighted by Crippen LogP contribution is -2.25. The van der Waals surface area contributed by atoms with Gasteiger partial charge in [0, 0.05) is 13.1 Å². The van der Waals surface area contributed by atoms with Crippen LogP contribution in [0.5, 0.6) is 5.75 Å². The van der Waals surface area contributed by atoms with E-state index in [1.54, 1.807) is 0 Å². The van der Waals surface area contributed by atoms with Gasteiger partial charge >= 0.3 is 0 Å². The first-order valence-corrected chi connectivity index (χ1v) is 8.94. The Morgan fingerprint density at radius 3 is 2.33 bits per heavy atom. The second kappa shape index (κ2) is 6.88. The SMILES string of the molecule is Cc1ccc(COc2cc([N+](=O)[O-])ccc2N(C)S(C)(=O)=O)cc1. The fourth-order valence-corrected chi connectivity index (χ4v) is 2.52. The van der Waals surface area contributed by atoms with Gasteiger partial charge in [0.25, 0.3) is 5.69 Å². The second-order valence-electron chi connectivity index (χ2n) is 5.41. The molecule has 2 rings (SSSR count). The number of hydrogen-bond acceptors (Lipinski definition) is 5. The molecule has 0 heterocycles. The Balaban J connectivity index is 2.35. The highest BCUT2D eigenvalue weighted by molar-refractivity contribution is 7.92. The van der Waals surface area contributed by atoms with Gasteiger partial charge in [0.05, 0.1) is 22.9 Å². The highest BCUT2D eigenvalue weighted by atomic mass is 32.2. The summed E-state index contributed by atoms with van der Waals surface area (Å²) in [5.41, 5.74) is 2.06. The largest absolute Gasteiger partial charge is 0.486 e. The zero-order chi connectivity index (χ0) is 17.9. The summed E-state index contributed by atoms with van der Waals surface area (Å²) in [5, 5.41) is 11.0. The van der Waals surface area contributed by atoms with Gasteiger partial charge < -0.3 is 4.74 Å². The fraction of sp³-hybridized carbons (Fsp3) is 0.250. The molecule has 0 saturated heterocycles. The summed E-state index contributed by atoms with van der Waals surface area (Å²) < 4.78 is 30.2. The zero-order valence-corrected chi connectivity index (χ0v) is 14.4. The molecule has 0 unspecified atom stereocenters. The highest BCUT2D eigenvalue weighted by Gasteiger charge is 2.20. The van der Waals surface area contributed by atoms with Gasteiger partial charge in [-0.3, -0.25) is 14.4 Å². The van der Waals surface area contributed by atoms with Crippen LogP contribution in [0.25, 0.3) is 0 Å². The minimum atomic E-state index is -3.52. The Morgan fingerprint density at radius 2 is 1.79 bits per heavy atom. The van der Waals surface area contributed by atoms with Crippen molar-refractivity contribution < 1.29 is 18.1 Å². The number of anilines is 1. The maximum Gasteiger partial charge on any atom is 0.273 e. The van der Waals surface area contributed by atoms with E-state index >= 15 is 0 Å². The number of nitrogens with zero attached hydrogens (tertiary/aromatic N) is 2. The Morgan fingerprint density at radius 1 is 1.17 bits per heavy atom. The molecular formula is C16H18N2O5S. The maximum absolute atomic E-state index is 11.8. The first-order valence-electron chi connectivity index (χ1n) is 7.09. The van der Waals surface area contributed by atoms with Crippen LogP contribution >= 0.6 is 0 Å². The lowest BCUT2D eigenvalue weighted by atomic mass is 10.2. The lowest BCUT2D eigenvalue weighted by Gasteiger charge is -2.20. The summed E-state index contributed by atoms with van der Waals surface area (Å²) in [5.74, 6) is 0.137. The predicted molar refractivity (Wildman–Crippen MR) is 91.9 cm³/mol. The molecule has 0 aliphatic heterocycles. The number of benzene rings is 2. The molecule has 0 aliphatic carbocycles. The molecule has 128 valence electrons. The van der Waals surface area contributed by atoms with Crippen molar-refractivity contribution in [3.05, 3.63) is 63.7 Å². The van der Waals surface area contributed by atoms with Gasteiger partial charge in [-0.2, -0.15) is 0 Å². The Kier molecular flexibility index (Phi) is 5.08. The van der Waals surface area contributed by atoms with E-state index in [9.17, 15) is 18.5 Å². The first kappa shape index (κ1) is 17.7. The average molecular weight is 350 g/mol. The molecule has 2 aromatic rings. The lowest BCUT2D eigenvalue weighted by molar-refractivity contribution is -0.384. The highest BCUT2D eigenvalue weighted by Crippen LogP contribution is 2.33. The Labute approximate surface area is 140 Å². The first-order chi connectivity index (χ1) is 11.2. The third kappa shape index (κ3) is 4.23. The minimum Gasteiger partial charge on any atom is -0.486 e. The van der Waals surface area contributed by atoms with Gasteiger partial charge in [0.2, 0.25) is 10.0 Å². The van der Waals surface area contributed by atoms with Crippen molar-refractivity contribution in [2.45, 2.75) is 13.5 Å². The van der Waals surface area contributed by atoms with Crippen LogP contribution in [0.1, 0.15) is 11.1 Å². The van der Waals surface area contributed by atoms with Crippen LogP contribution in [0.3, 0.4) is 0 Å². The van der Waals surface area contributed by atoms with Gasteiger partial charge in [-0.25, -0.2) is 8.42 Å². The van der Waals surface area contributed by atoms with Crippen molar-refractivity contribution in [2.24, 2.45) is 0 Å². The standard InChI is InChI=1S/C16H18N2O5S/c1-12-4-6-13(7-5-12)11-23-16-10-14(18(19)20)8-9-15(16)17(2)24(3,21)22/h4-10H,11H2,1-3H3. The minimum absolute atomic E-state index is 0.137. The van der Waals surface area contributed by atoms with Crippen LogP contribution in [0.15, 0.2) is 42.5 Å². The molecule has 0 atom stereocenters. The summed E-state index contributed by atoms with van der Waals surface area (Å²) in [4.78, 5) is 10.4. The van der Waals surface area contributed by atoms with E-state index in [0.717, 1.165) is 21.7 Å². The number of hydrogen-bond donors (Lipinski definition) is 0. The molecule has 24 heavy (non-hydrogen) atoms. The molecule has 0 radical (unpaired) electrons. The van der Waals surface area contributed by atoms with Crippen molar-refractivity contribution >= 4 is 21.4 Å². The van der Waals surface area contributed by atoms with Gasteiger partial charge in [0.1, 0.15) is 6.61 Å². The molecule has 0 aromatic heterocycles. The number of sulfonamides is 1. The number of aryl methyl sites for hydroxylation is 1. The third-order valence-electron chi connectivity index (χ3n) is 3.51. The maximum atomic E-state index is 11.8. The van der Waals surface area contributed by atoms with Gasteiger partial charge in [-0.15, -0.1) is 0 Å². The van der Waals surface area contributed by atoms with E-state index in [1.807, 2.05) is 31.2 Å². The zero-order valence-electron chi connectivity index (χ0n) is 13.6. The monoisotopic (exact) mass is 350 g/mol. The number of nitro benzene ring substituents is 1. The van der Waals surface area contributed by atoms with Crippen LogP contribution < -0.4 is 9.04 Å². The summed E-state index contributed by atoms with van der Waals surface area (Å²) in [6, 6.07) is 11.5. The summed E-state index contributed by atoms with van der Waals surface area (Å²) in [7, 11) is -2.15. The van der Waals surface area contributed by atoms with Crippen LogP contribution in [-0.2, 0) is 16.6 Å². The van der Waals surface area contributed by atoms with Gasteiger partial charge in [0.15, 0.2) is 5.75 Å². The van der Waals surface area contributed by atoms with Crippen LogP contribution in [0.4, 0.5) is 11.4 Å². The molecule has 0 saturated carbocycles. The van der Waals surface area contributed by atoms with E-state index in [-0.39, 0.29) is 23.7 Å². The van der Waals surface area contributed by atoms with E-state index in [4.69, 9.17) is 4.74 Å². The topological polar surface area (TPSA) is 89.8 Å². The summed E-state index contributed by atoms with van der Waals surface area (Å²) in [6.07, 6.45) is 1.05. The molecule has 0 fully saturated rings. The van der Waals surface area contributed by atoms with Crippen LogP contribution in [-0.4, -0.2) is 26.6 Å². The molecule has 0 N–H and O–H groups in total. The molecule has 8 heteroatoms. The Bertz CT molecular complexity index is 847. The number of rotatable bonds is 6. The quantitative estimate of drug-likeness (QED) is 0.590. The second-order valence-corrected chi connectivity index (χ2v) is 7.43. The van der Waals surface area contributed by atoms with Gasteiger partial charge in [-0.05, 0) is 18.6 Å². The van der Waals surface area contributed by atoms with E-state index in [2.05, 4.69) is 0 Å². The van der Waals surface area contributed by atoms with Crippen LogP contribution in [0.2, 0.25) is 0 Å². The molecule has 2 aromatic carbocycles. The van der Waals surface area contributed by atoms with Crippen molar-refractivity contribution in [3.63, 3.8) is 0 Å². The number of ether oxygens (including phenoxy) is 1. The Hall–Kier alpha value is -2.61. The van der Waals surface area contributed by atoms with Crippen molar-refractivity contribution in [1.29, 1.82) is 0 Å². The smallest absolute Gasteiger partial charge is 0.273 e. The molecule has 0 amide bonds.